The van der Waals surface area contributed by atoms with E-state index in [0.29, 0.717) is 41.8 Å². The summed E-state index contributed by atoms with van der Waals surface area (Å²) in [4.78, 5) is 0. The second-order valence-electron chi connectivity index (χ2n) is 6.34. The molecule has 0 atom stereocenters. The summed E-state index contributed by atoms with van der Waals surface area (Å²) in [6.45, 7) is 1.33. The molecule has 0 saturated heterocycles. The first-order valence-corrected chi connectivity index (χ1v) is 9.15. The molecule has 0 amide bonds. The lowest BCUT2D eigenvalue weighted by Gasteiger charge is -2.14. The van der Waals surface area contributed by atoms with Gasteiger partial charge < -0.3 is 24.3 Å². The number of ether oxygens (including phenoxy) is 4. The van der Waals surface area contributed by atoms with Crippen molar-refractivity contribution in [2.24, 2.45) is 0 Å². The van der Waals surface area contributed by atoms with Gasteiger partial charge in [0.25, 0.3) is 0 Å². The fraction of sp³-hybridized carbons (Fsp3) is 0.217. The van der Waals surface area contributed by atoms with E-state index in [-0.39, 0.29) is 5.82 Å². The number of halogens is 1. The normalized spacial score (nSPS) is 10.5. The summed E-state index contributed by atoms with van der Waals surface area (Å²) in [6.07, 6.45) is 0. The molecule has 0 aliphatic heterocycles. The van der Waals surface area contributed by atoms with Crippen molar-refractivity contribution in [1.82, 2.24) is 5.32 Å². The highest BCUT2D eigenvalue weighted by Gasteiger charge is 2.12. The summed E-state index contributed by atoms with van der Waals surface area (Å²) in [5.74, 6) is 2.85. The number of hydrogen-bond acceptors (Lipinski definition) is 5. The topological polar surface area (TPSA) is 49.0 Å². The Kier molecular flexibility index (Phi) is 6.92. The SMILES string of the molecule is COc1cc(CNCc2ccc(Oc3ccc(F)cc3)cc2)cc(OC)c1OC. The van der Waals surface area contributed by atoms with Gasteiger partial charge in [-0.15, -0.1) is 0 Å². The number of benzene rings is 3. The van der Waals surface area contributed by atoms with Crippen molar-refractivity contribution < 1.29 is 23.3 Å². The molecule has 0 heterocycles. The van der Waals surface area contributed by atoms with E-state index in [0.717, 1.165) is 11.1 Å². The van der Waals surface area contributed by atoms with E-state index in [1.54, 1.807) is 33.5 Å². The van der Waals surface area contributed by atoms with E-state index >= 15 is 0 Å². The largest absolute Gasteiger partial charge is 0.493 e. The van der Waals surface area contributed by atoms with Gasteiger partial charge in [0.05, 0.1) is 21.3 Å². The van der Waals surface area contributed by atoms with Crippen molar-refractivity contribution >= 4 is 0 Å². The Labute approximate surface area is 170 Å². The van der Waals surface area contributed by atoms with Crippen molar-refractivity contribution in [3.63, 3.8) is 0 Å². The third kappa shape index (κ3) is 5.39. The van der Waals surface area contributed by atoms with Crippen LogP contribution in [0.2, 0.25) is 0 Å². The molecule has 1 N–H and O–H groups in total. The van der Waals surface area contributed by atoms with Crippen molar-refractivity contribution in [3.05, 3.63) is 77.6 Å². The van der Waals surface area contributed by atoms with Gasteiger partial charge in [0, 0.05) is 13.1 Å². The fourth-order valence-electron chi connectivity index (χ4n) is 2.90. The molecule has 0 aliphatic rings. The zero-order chi connectivity index (χ0) is 20.6. The molecule has 0 bridgehead atoms. The van der Waals surface area contributed by atoms with Crippen molar-refractivity contribution in [1.29, 1.82) is 0 Å². The van der Waals surface area contributed by atoms with Crippen LogP contribution >= 0.6 is 0 Å². The molecule has 5 nitrogen and oxygen atoms in total. The average molecular weight is 397 g/mol. The maximum Gasteiger partial charge on any atom is 0.203 e. The lowest BCUT2D eigenvalue weighted by molar-refractivity contribution is 0.323. The maximum atomic E-state index is 13.0. The summed E-state index contributed by atoms with van der Waals surface area (Å²) >= 11 is 0. The Morgan fingerprint density at radius 1 is 0.690 bits per heavy atom. The molecule has 0 aliphatic carbocycles. The van der Waals surface area contributed by atoms with Crippen LogP contribution in [0.4, 0.5) is 4.39 Å². The van der Waals surface area contributed by atoms with Gasteiger partial charge in [-0.25, -0.2) is 4.39 Å². The molecule has 3 aromatic rings. The van der Waals surface area contributed by atoms with Crippen LogP contribution < -0.4 is 24.3 Å². The molecule has 3 aromatic carbocycles. The highest BCUT2D eigenvalue weighted by molar-refractivity contribution is 5.53. The van der Waals surface area contributed by atoms with Crippen LogP contribution in [0.15, 0.2) is 60.7 Å². The van der Waals surface area contributed by atoms with E-state index in [4.69, 9.17) is 18.9 Å². The van der Waals surface area contributed by atoms with Gasteiger partial charge in [-0.2, -0.15) is 0 Å². The number of nitrogens with one attached hydrogen (secondary N) is 1. The van der Waals surface area contributed by atoms with Crippen LogP contribution in [0, 0.1) is 5.82 Å². The smallest absolute Gasteiger partial charge is 0.203 e. The molecule has 0 radical (unpaired) electrons. The summed E-state index contributed by atoms with van der Waals surface area (Å²) in [6, 6.07) is 17.5. The fourth-order valence-corrected chi connectivity index (χ4v) is 2.90. The summed E-state index contributed by atoms with van der Waals surface area (Å²) in [5.41, 5.74) is 2.14. The monoisotopic (exact) mass is 397 g/mol. The zero-order valence-corrected chi connectivity index (χ0v) is 16.7. The van der Waals surface area contributed by atoms with Crippen molar-refractivity contribution in [3.8, 4) is 28.7 Å². The van der Waals surface area contributed by atoms with E-state index in [9.17, 15) is 4.39 Å². The molecule has 0 unspecified atom stereocenters. The summed E-state index contributed by atoms with van der Waals surface area (Å²) < 4.78 is 34.8. The number of methoxy groups -OCH3 is 3. The molecular formula is C23H24FNO4. The Morgan fingerprint density at radius 2 is 1.21 bits per heavy atom. The second-order valence-corrected chi connectivity index (χ2v) is 6.34. The molecule has 29 heavy (non-hydrogen) atoms. The Bertz CT molecular complexity index is 902. The van der Waals surface area contributed by atoms with Crippen LogP contribution in [0.3, 0.4) is 0 Å². The average Bonchev–Trinajstić information content (AvgIpc) is 2.75. The predicted octanol–water partition coefficient (Wildman–Crippen LogP) is 4.93. The molecule has 0 spiro atoms. The highest BCUT2D eigenvalue weighted by atomic mass is 19.1. The Morgan fingerprint density at radius 3 is 1.72 bits per heavy atom. The molecule has 3 rings (SSSR count). The molecule has 6 heteroatoms. The molecule has 0 fully saturated rings. The lowest BCUT2D eigenvalue weighted by atomic mass is 10.1. The minimum atomic E-state index is -0.286. The molecule has 0 saturated carbocycles. The van der Waals surface area contributed by atoms with Crippen molar-refractivity contribution in [2.45, 2.75) is 13.1 Å². The van der Waals surface area contributed by atoms with Crippen LogP contribution in [0.5, 0.6) is 28.7 Å². The summed E-state index contributed by atoms with van der Waals surface area (Å²) in [5, 5.41) is 3.40. The van der Waals surface area contributed by atoms with Crippen LogP contribution in [0.1, 0.15) is 11.1 Å². The third-order valence-corrected chi connectivity index (χ3v) is 4.36. The molecule has 152 valence electrons. The van der Waals surface area contributed by atoms with Gasteiger partial charge in [-0.05, 0) is 59.7 Å². The van der Waals surface area contributed by atoms with Gasteiger partial charge in [-0.3, -0.25) is 0 Å². The standard InChI is InChI=1S/C23H24FNO4/c1-26-21-12-17(13-22(27-2)23(21)28-3)15-25-14-16-4-8-19(9-5-16)29-20-10-6-18(24)7-11-20/h4-13,25H,14-15H2,1-3H3. The number of rotatable bonds is 9. The Balaban J connectivity index is 1.57. The van der Waals surface area contributed by atoms with Gasteiger partial charge >= 0.3 is 0 Å². The van der Waals surface area contributed by atoms with Gasteiger partial charge in [0.2, 0.25) is 5.75 Å². The van der Waals surface area contributed by atoms with Gasteiger partial charge in [-0.1, -0.05) is 12.1 Å². The Hall–Kier alpha value is -3.25. The predicted molar refractivity (Wildman–Crippen MR) is 110 cm³/mol. The van der Waals surface area contributed by atoms with Crippen LogP contribution in [-0.4, -0.2) is 21.3 Å². The molecular weight excluding hydrogens is 373 g/mol. The van der Waals surface area contributed by atoms with E-state index < -0.39 is 0 Å². The minimum Gasteiger partial charge on any atom is -0.493 e. The first kappa shape index (κ1) is 20.5. The zero-order valence-electron chi connectivity index (χ0n) is 16.7. The minimum absolute atomic E-state index is 0.286. The van der Waals surface area contributed by atoms with E-state index in [2.05, 4.69) is 5.32 Å². The van der Waals surface area contributed by atoms with Gasteiger partial charge in [0.1, 0.15) is 17.3 Å². The van der Waals surface area contributed by atoms with E-state index in [1.807, 2.05) is 36.4 Å². The highest BCUT2D eigenvalue weighted by Crippen LogP contribution is 2.38. The first-order chi connectivity index (χ1) is 14.1. The van der Waals surface area contributed by atoms with Crippen molar-refractivity contribution in [2.75, 3.05) is 21.3 Å². The van der Waals surface area contributed by atoms with E-state index in [1.165, 1.54) is 12.1 Å². The lowest BCUT2D eigenvalue weighted by Crippen LogP contribution is -2.13. The first-order valence-electron chi connectivity index (χ1n) is 9.15. The van der Waals surface area contributed by atoms with Gasteiger partial charge in [0.15, 0.2) is 11.5 Å². The maximum absolute atomic E-state index is 13.0. The van der Waals surface area contributed by atoms with Crippen LogP contribution in [-0.2, 0) is 13.1 Å². The quantitative estimate of drug-likeness (QED) is 0.555. The van der Waals surface area contributed by atoms with Crippen LogP contribution in [0.25, 0.3) is 0 Å². The number of hydrogen-bond donors (Lipinski definition) is 1. The third-order valence-electron chi connectivity index (χ3n) is 4.36. The summed E-state index contributed by atoms with van der Waals surface area (Å²) in [7, 11) is 4.79. The second kappa shape index (κ2) is 9.80. The molecule has 0 aromatic heterocycles.